The third kappa shape index (κ3) is 6.64. The van der Waals surface area contributed by atoms with Crippen LogP contribution in [0.25, 0.3) is 11.1 Å². The summed E-state index contributed by atoms with van der Waals surface area (Å²) in [4.78, 5) is 9.72. The minimum atomic E-state index is 0.725. The molecule has 3 aromatic rings. The monoisotopic (exact) mass is 485 g/mol. The van der Waals surface area contributed by atoms with Crippen molar-refractivity contribution < 1.29 is 4.74 Å². The molecular formula is C30H32ClN3O. The molecule has 2 aliphatic rings. The molecule has 3 heterocycles. The number of halogens is 1. The standard InChI is InChI=1S/C30H32ClN3O/c31-27-9-6-25(7-10-27)26-8-12-28(32-23-26)11-3-24-4-13-30(14-5-24)35-22-21-33-19-15-29(16-20-33)34-17-1-2-18-34/h4-10,12-14,23,29H,1-2,15-22H2. The van der Waals surface area contributed by atoms with Crippen molar-refractivity contribution in [1.29, 1.82) is 0 Å². The second-order valence-electron chi connectivity index (χ2n) is 9.38. The van der Waals surface area contributed by atoms with Crippen molar-refractivity contribution in [2.75, 3.05) is 39.3 Å². The lowest BCUT2D eigenvalue weighted by molar-refractivity contribution is 0.114. The lowest BCUT2D eigenvalue weighted by Crippen LogP contribution is -2.44. The fourth-order valence-corrected chi connectivity index (χ4v) is 5.09. The highest BCUT2D eigenvalue weighted by Gasteiger charge is 2.26. The molecule has 0 radical (unpaired) electrons. The molecule has 35 heavy (non-hydrogen) atoms. The van der Waals surface area contributed by atoms with Crippen molar-refractivity contribution in [2.24, 2.45) is 0 Å². The van der Waals surface area contributed by atoms with Crippen LogP contribution >= 0.6 is 11.6 Å². The first-order valence-electron chi connectivity index (χ1n) is 12.7. The van der Waals surface area contributed by atoms with Gasteiger partial charge in [-0.05, 0) is 106 Å². The third-order valence-electron chi connectivity index (χ3n) is 7.02. The van der Waals surface area contributed by atoms with Crippen LogP contribution in [0.2, 0.25) is 5.02 Å². The van der Waals surface area contributed by atoms with Crippen molar-refractivity contribution in [1.82, 2.24) is 14.8 Å². The molecule has 2 aromatic carbocycles. The third-order valence-corrected chi connectivity index (χ3v) is 7.27. The van der Waals surface area contributed by atoms with Crippen molar-refractivity contribution in [2.45, 2.75) is 31.7 Å². The fourth-order valence-electron chi connectivity index (χ4n) is 4.96. The van der Waals surface area contributed by atoms with Crippen LogP contribution in [0.15, 0.2) is 66.9 Å². The summed E-state index contributed by atoms with van der Waals surface area (Å²) >= 11 is 5.97. The Hall–Kier alpha value is -2.84. The molecule has 2 aliphatic heterocycles. The number of nitrogens with zero attached hydrogens (tertiary/aromatic N) is 3. The Morgan fingerprint density at radius 1 is 0.829 bits per heavy atom. The van der Waals surface area contributed by atoms with Gasteiger partial charge in [-0.3, -0.25) is 4.90 Å². The lowest BCUT2D eigenvalue weighted by atomic mass is 10.0. The summed E-state index contributed by atoms with van der Waals surface area (Å²) < 4.78 is 5.99. The Morgan fingerprint density at radius 3 is 2.23 bits per heavy atom. The largest absolute Gasteiger partial charge is 0.492 e. The highest BCUT2D eigenvalue weighted by molar-refractivity contribution is 6.30. The maximum absolute atomic E-state index is 5.99. The highest BCUT2D eigenvalue weighted by Crippen LogP contribution is 2.22. The van der Waals surface area contributed by atoms with Gasteiger partial charge in [0.1, 0.15) is 18.1 Å². The first-order chi connectivity index (χ1) is 17.2. The molecule has 180 valence electrons. The molecule has 1 aromatic heterocycles. The van der Waals surface area contributed by atoms with Crippen molar-refractivity contribution >= 4 is 11.6 Å². The summed E-state index contributed by atoms with van der Waals surface area (Å²) in [5, 5.41) is 0.730. The first kappa shape index (κ1) is 23.9. The minimum Gasteiger partial charge on any atom is -0.492 e. The quantitative estimate of drug-likeness (QED) is 0.416. The summed E-state index contributed by atoms with van der Waals surface area (Å²) in [6.07, 6.45) is 7.21. The molecule has 5 rings (SSSR count). The van der Waals surface area contributed by atoms with Gasteiger partial charge in [-0.1, -0.05) is 35.7 Å². The van der Waals surface area contributed by atoms with E-state index in [1.807, 2.05) is 66.9 Å². The van der Waals surface area contributed by atoms with E-state index in [2.05, 4.69) is 26.6 Å². The molecule has 0 atom stereocenters. The minimum absolute atomic E-state index is 0.725. The predicted molar refractivity (Wildman–Crippen MR) is 143 cm³/mol. The summed E-state index contributed by atoms with van der Waals surface area (Å²) in [6.45, 7) is 6.71. The van der Waals surface area contributed by atoms with Crippen molar-refractivity contribution in [3.63, 3.8) is 0 Å². The molecule has 4 nitrogen and oxygen atoms in total. The van der Waals surface area contributed by atoms with Gasteiger partial charge in [0, 0.05) is 34.9 Å². The number of benzene rings is 2. The fraction of sp³-hybridized carbons (Fsp3) is 0.367. The molecule has 0 spiro atoms. The van der Waals surface area contributed by atoms with E-state index in [0.29, 0.717) is 0 Å². The molecule has 0 amide bonds. The summed E-state index contributed by atoms with van der Waals surface area (Å²) in [5.41, 5.74) is 3.83. The van der Waals surface area contributed by atoms with Gasteiger partial charge < -0.3 is 9.64 Å². The van der Waals surface area contributed by atoms with Crippen LogP contribution in [-0.2, 0) is 0 Å². The number of ether oxygens (including phenoxy) is 1. The van der Waals surface area contributed by atoms with E-state index in [9.17, 15) is 0 Å². The van der Waals surface area contributed by atoms with Gasteiger partial charge in [0.25, 0.3) is 0 Å². The Morgan fingerprint density at radius 2 is 1.54 bits per heavy atom. The molecule has 0 saturated carbocycles. The van der Waals surface area contributed by atoms with E-state index in [4.69, 9.17) is 16.3 Å². The van der Waals surface area contributed by atoms with Crippen LogP contribution in [0.5, 0.6) is 5.75 Å². The number of hydrogen-bond acceptors (Lipinski definition) is 4. The zero-order chi connectivity index (χ0) is 23.9. The molecule has 2 saturated heterocycles. The van der Waals surface area contributed by atoms with E-state index in [1.54, 1.807) is 0 Å². The zero-order valence-electron chi connectivity index (χ0n) is 20.1. The van der Waals surface area contributed by atoms with Crippen molar-refractivity contribution in [3.05, 3.63) is 83.1 Å². The van der Waals surface area contributed by atoms with Crippen LogP contribution in [0, 0.1) is 11.8 Å². The van der Waals surface area contributed by atoms with Crippen LogP contribution in [0.4, 0.5) is 0 Å². The number of aromatic nitrogens is 1. The van der Waals surface area contributed by atoms with Gasteiger partial charge in [-0.25, -0.2) is 4.98 Å². The van der Waals surface area contributed by atoms with Gasteiger partial charge in [-0.2, -0.15) is 0 Å². The Labute approximate surface area is 213 Å². The molecule has 0 N–H and O–H groups in total. The summed E-state index contributed by atoms with van der Waals surface area (Å²) in [5.74, 6) is 7.23. The van der Waals surface area contributed by atoms with Crippen LogP contribution in [-0.4, -0.2) is 60.2 Å². The topological polar surface area (TPSA) is 28.6 Å². The van der Waals surface area contributed by atoms with Crippen LogP contribution in [0.1, 0.15) is 36.9 Å². The number of likely N-dealkylation sites (tertiary alicyclic amines) is 2. The van der Waals surface area contributed by atoms with Gasteiger partial charge in [0.2, 0.25) is 0 Å². The predicted octanol–water partition coefficient (Wildman–Crippen LogP) is 5.74. The first-order valence-corrected chi connectivity index (χ1v) is 13.0. The van der Waals surface area contributed by atoms with Crippen molar-refractivity contribution in [3.8, 4) is 28.7 Å². The van der Waals surface area contributed by atoms with Crippen LogP contribution in [0.3, 0.4) is 0 Å². The van der Waals surface area contributed by atoms with Gasteiger partial charge >= 0.3 is 0 Å². The molecule has 0 bridgehead atoms. The number of rotatable bonds is 6. The summed E-state index contributed by atoms with van der Waals surface area (Å²) in [7, 11) is 0. The molecule has 0 aliphatic carbocycles. The zero-order valence-corrected chi connectivity index (χ0v) is 20.9. The van der Waals surface area contributed by atoms with Crippen LogP contribution < -0.4 is 4.74 Å². The lowest BCUT2D eigenvalue weighted by Gasteiger charge is -2.36. The van der Waals surface area contributed by atoms with Gasteiger partial charge in [0.05, 0.1) is 0 Å². The highest BCUT2D eigenvalue weighted by atomic mass is 35.5. The molecule has 2 fully saturated rings. The van der Waals surface area contributed by atoms with E-state index in [0.717, 1.165) is 52.3 Å². The SMILES string of the molecule is Clc1ccc(-c2ccc(C#Cc3ccc(OCCN4CCC(N5CCCC5)CC4)cc3)nc2)cc1. The summed E-state index contributed by atoms with van der Waals surface area (Å²) in [6, 6.07) is 20.6. The second kappa shape index (κ2) is 11.7. The number of pyridine rings is 1. The Kier molecular flexibility index (Phi) is 8.00. The maximum atomic E-state index is 5.99. The Balaban J connectivity index is 1.06. The van der Waals surface area contributed by atoms with E-state index in [-0.39, 0.29) is 0 Å². The number of hydrogen-bond donors (Lipinski definition) is 0. The smallest absolute Gasteiger partial charge is 0.119 e. The van der Waals surface area contributed by atoms with Gasteiger partial charge in [-0.15, -0.1) is 0 Å². The average molecular weight is 486 g/mol. The average Bonchev–Trinajstić information content (AvgIpc) is 3.45. The molecule has 0 unspecified atom stereocenters. The normalized spacial score (nSPS) is 17.2. The maximum Gasteiger partial charge on any atom is 0.119 e. The van der Waals surface area contributed by atoms with E-state index in [1.165, 1.54) is 51.9 Å². The van der Waals surface area contributed by atoms with Gasteiger partial charge in [0.15, 0.2) is 0 Å². The van der Waals surface area contributed by atoms with E-state index < -0.39 is 0 Å². The number of piperidine rings is 1. The molecular weight excluding hydrogens is 454 g/mol. The van der Waals surface area contributed by atoms with E-state index >= 15 is 0 Å². The molecule has 5 heteroatoms. The second-order valence-corrected chi connectivity index (χ2v) is 9.81. The Bertz CT molecular complexity index is 1140.